The number of hydrogen-bond acceptors (Lipinski definition) is 5. The Balaban J connectivity index is 1.97. The molecular formula is C21H21NO5. The molecule has 3 rings (SSSR count). The van der Waals surface area contributed by atoms with Gasteiger partial charge < -0.3 is 9.47 Å². The normalized spacial score (nSPS) is 16.4. The van der Waals surface area contributed by atoms with Gasteiger partial charge >= 0.3 is 0 Å². The highest BCUT2D eigenvalue weighted by Gasteiger charge is 2.36. The number of methoxy groups -OCH3 is 1. The Morgan fingerprint density at radius 1 is 1.19 bits per heavy atom. The number of fused-ring (bicyclic) bond motifs is 1. The fraction of sp³-hybridized carbons (Fsp3) is 0.286. The third-order valence-corrected chi connectivity index (χ3v) is 4.50. The van der Waals surface area contributed by atoms with Gasteiger partial charge in [0, 0.05) is 0 Å². The molecule has 1 aliphatic heterocycles. The van der Waals surface area contributed by atoms with E-state index in [1.165, 1.54) is 7.11 Å². The van der Waals surface area contributed by atoms with Gasteiger partial charge in [-0.1, -0.05) is 30.7 Å². The first-order chi connectivity index (χ1) is 13.0. The van der Waals surface area contributed by atoms with Crippen molar-refractivity contribution >= 4 is 17.6 Å². The Bertz CT molecular complexity index is 905. The highest BCUT2D eigenvalue weighted by atomic mass is 16.5. The van der Waals surface area contributed by atoms with Crippen molar-refractivity contribution < 1.29 is 23.9 Å². The van der Waals surface area contributed by atoms with E-state index in [9.17, 15) is 14.4 Å². The van der Waals surface area contributed by atoms with Crippen LogP contribution < -0.4 is 9.47 Å². The Morgan fingerprint density at radius 3 is 2.63 bits per heavy atom. The molecule has 1 heterocycles. The molecule has 0 saturated carbocycles. The predicted molar refractivity (Wildman–Crippen MR) is 99.3 cm³/mol. The summed E-state index contributed by atoms with van der Waals surface area (Å²) in [4.78, 5) is 39.6. The summed E-state index contributed by atoms with van der Waals surface area (Å²) in [6.07, 6.45) is -0.427. The monoisotopic (exact) mass is 367 g/mol. The van der Waals surface area contributed by atoms with Gasteiger partial charge in [0.25, 0.3) is 11.8 Å². The molecule has 6 nitrogen and oxygen atoms in total. The quantitative estimate of drug-likeness (QED) is 0.600. The van der Waals surface area contributed by atoms with Gasteiger partial charge in [-0.05, 0) is 37.6 Å². The van der Waals surface area contributed by atoms with Crippen molar-refractivity contribution in [3.63, 3.8) is 0 Å². The van der Waals surface area contributed by atoms with Gasteiger partial charge in [-0.3, -0.25) is 19.3 Å². The van der Waals surface area contributed by atoms with Gasteiger partial charge in [-0.2, -0.15) is 0 Å². The largest absolute Gasteiger partial charge is 0.496 e. The maximum Gasteiger partial charge on any atom is 0.270 e. The number of carbonyl (C=O) groups excluding carboxylic acids is 3. The van der Waals surface area contributed by atoms with Gasteiger partial charge in [0.2, 0.25) is 0 Å². The second-order valence-electron chi connectivity index (χ2n) is 6.37. The van der Waals surface area contributed by atoms with E-state index in [1.54, 1.807) is 43.3 Å². The van der Waals surface area contributed by atoms with Crippen LogP contribution in [0.3, 0.4) is 0 Å². The maximum absolute atomic E-state index is 12.9. The number of ether oxygens (including phenoxy) is 2. The minimum atomic E-state index is -0.815. The Kier molecular flexibility index (Phi) is 5.26. The molecule has 0 fully saturated rings. The number of amides is 2. The Hall–Kier alpha value is -3.15. The highest BCUT2D eigenvalue weighted by Crippen LogP contribution is 2.27. The molecule has 2 aromatic carbocycles. The number of imide groups is 1. The zero-order valence-electron chi connectivity index (χ0n) is 15.5. The number of ketones is 1. The summed E-state index contributed by atoms with van der Waals surface area (Å²) < 4.78 is 11.0. The van der Waals surface area contributed by atoms with Gasteiger partial charge in [-0.15, -0.1) is 0 Å². The average molecular weight is 367 g/mol. The molecule has 0 spiro atoms. The van der Waals surface area contributed by atoms with Crippen LogP contribution in [0.2, 0.25) is 0 Å². The van der Waals surface area contributed by atoms with Crippen LogP contribution in [-0.2, 0) is 4.79 Å². The molecule has 6 heteroatoms. The lowest BCUT2D eigenvalue weighted by Crippen LogP contribution is -2.45. The van der Waals surface area contributed by atoms with Gasteiger partial charge in [0.15, 0.2) is 11.9 Å². The lowest BCUT2D eigenvalue weighted by atomic mass is 10.1. The topological polar surface area (TPSA) is 72.9 Å². The first-order valence-corrected chi connectivity index (χ1v) is 8.75. The average Bonchev–Trinajstić information content (AvgIpc) is 2.78. The molecular weight excluding hydrogens is 346 g/mol. The van der Waals surface area contributed by atoms with Crippen LogP contribution in [0.5, 0.6) is 11.5 Å². The molecule has 0 saturated heterocycles. The number of rotatable bonds is 5. The number of benzene rings is 2. The van der Waals surface area contributed by atoms with Crippen molar-refractivity contribution in [3.8, 4) is 11.5 Å². The summed E-state index contributed by atoms with van der Waals surface area (Å²) in [6.45, 7) is 3.28. The van der Waals surface area contributed by atoms with Crippen molar-refractivity contribution in [1.82, 2.24) is 4.90 Å². The van der Waals surface area contributed by atoms with Crippen molar-refractivity contribution in [2.45, 2.75) is 26.4 Å². The summed E-state index contributed by atoms with van der Waals surface area (Å²) >= 11 is 0. The van der Waals surface area contributed by atoms with Crippen molar-refractivity contribution in [3.05, 3.63) is 59.2 Å². The number of aryl methyl sites for hydroxylation is 1. The highest BCUT2D eigenvalue weighted by molar-refractivity contribution is 6.12. The van der Waals surface area contributed by atoms with Gasteiger partial charge in [0.1, 0.15) is 11.5 Å². The summed E-state index contributed by atoms with van der Waals surface area (Å²) in [5.74, 6) is -0.661. The molecule has 0 aromatic heterocycles. The summed E-state index contributed by atoms with van der Waals surface area (Å²) in [7, 11) is 1.47. The lowest BCUT2D eigenvalue weighted by molar-refractivity contribution is -0.135. The second-order valence-corrected chi connectivity index (χ2v) is 6.37. The van der Waals surface area contributed by atoms with E-state index >= 15 is 0 Å². The minimum absolute atomic E-state index is 0.269. The van der Waals surface area contributed by atoms with Crippen molar-refractivity contribution in [1.29, 1.82) is 0 Å². The second kappa shape index (κ2) is 7.61. The number of hydrogen-bond donors (Lipinski definition) is 0. The molecule has 140 valence electrons. The van der Waals surface area contributed by atoms with E-state index in [4.69, 9.17) is 9.47 Å². The summed E-state index contributed by atoms with van der Waals surface area (Å²) in [6, 6.07) is 11.9. The predicted octanol–water partition coefficient (Wildman–Crippen LogP) is 3.03. The number of para-hydroxylation sites is 1. The van der Waals surface area contributed by atoms with Crippen LogP contribution in [0.15, 0.2) is 42.5 Å². The third-order valence-electron chi connectivity index (χ3n) is 4.50. The molecule has 0 unspecified atom stereocenters. The Morgan fingerprint density at radius 2 is 1.93 bits per heavy atom. The molecule has 1 aliphatic rings. The van der Waals surface area contributed by atoms with Gasteiger partial charge in [0.05, 0.1) is 24.8 Å². The van der Waals surface area contributed by atoms with Crippen LogP contribution >= 0.6 is 0 Å². The van der Waals surface area contributed by atoms with E-state index in [0.717, 1.165) is 10.5 Å². The SMILES string of the molecule is CC[C@H]1Oc2ccccc2C(=O)N(CC(=O)c2cc(C)ccc2OC)C1=O. The molecule has 0 radical (unpaired) electrons. The van der Waals surface area contributed by atoms with E-state index < -0.39 is 17.9 Å². The van der Waals surface area contributed by atoms with Crippen LogP contribution in [-0.4, -0.2) is 42.3 Å². The van der Waals surface area contributed by atoms with Crippen molar-refractivity contribution in [2.24, 2.45) is 0 Å². The Labute approximate surface area is 157 Å². The fourth-order valence-corrected chi connectivity index (χ4v) is 3.05. The summed E-state index contributed by atoms with van der Waals surface area (Å²) in [5.41, 5.74) is 1.49. The third kappa shape index (κ3) is 3.56. The van der Waals surface area contributed by atoms with Crippen LogP contribution in [0.1, 0.15) is 39.6 Å². The zero-order chi connectivity index (χ0) is 19.6. The van der Waals surface area contributed by atoms with E-state index in [1.807, 2.05) is 13.0 Å². The molecule has 0 N–H and O–H groups in total. The number of Topliss-reactive ketones (excluding diaryl/α,β-unsaturated/α-hetero) is 1. The number of nitrogens with zero attached hydrogens (tertiary/aromatic N) is 1. The molecule has 1 atom stereocenters. The smallest absolute Gasteiger partial charge is 0.270 e. The fourth-order valence-electron chi connectivity index (χ4n) is 3.05. The van der Waals surface area contributed by atoms with E-state index in [-0.39, 0.29) is 17.9 Å². The lowest BCUT2D eigenvalue weighted by Gasteiger charge is -2.21. The molecule has 27 heavy (non-hydrogen) atoms. The number of carbonyl (C=O) groups is 3. The van der Waals surface area contributed by atoms with Crippen LogP contribution in [0, 0.1) is 6.92 Å². The van der Waals surface area contributed by atoms with E-state index in [2.05, 4.69) is 0 Å². The van der Waals surface area contributed by atoms with Crippen LogP contribution in [0.4, 0.5) is 0 Å². The van der Waals surface area contributed by atoms with E-state index in [0.29, 0.717) is 23.5 Å². The van der Waals surface area contributed by atoms with Crippen molar-refractivity contribution in [2.75, 3.05) is 13.7 Å². The van der Waals surface area contributed by atoms with Gasteiger partial charge in [-0.25, -0.2) is 0 Å². The standard InChI is InChI=1S/C21H21NO5/c1-4-17-21(25)22(20(24)14-7-5-6-8-19(14)27-17)12-16(23)15-11-13(2)9-10-18(15)26-3/h5-11,17H,4,12H2,1-3H3/t17-/m1/s1. The molecule has 2 aromatic rings. The first-order valence-electron chi connectivity index (χ1n) is 8.75. The summed E-state index contributed by atoms with van der Waals surface area (Å²) in [5, 5.41) is 0. The molecule has 0 bridgehead atoms. The van der Waals surface area contributed by atoms with Crippen LogP contribution in [0.25, 0.3) is 0 Å². The minimum Gasteiger partial charge on any atom is -0.496 e. The first kappa shape index (κ1) is 18.6. The molecule has 2 amide bonds. The maximum atomic E-state index is 12.9. The zero-order valence-corrected chi connectivity index (χ0v) is 15.5. The molecule has 0 aliphatic carbocycles.